The van der Waals surface area contributed by atoms with Gasteiger partial charge in [0.15, 0.2) is 5.82 Å². The topological polar surface area (TPSA) is 81.8 Å². The Labute approximate surface area is 195 Å². The van der Waals surface area contributed by atoms with Crippen molar-refractivity contribution in [1.82, 2.24) is 24.4 Å². The van der Waals surface area contributed by atoms with Gasteiger partial charge in [0.25, 0.3) is 5.56 Å². The number of rotatable bonds is 5. The molecule has 2 aromatic carbocycles. The monoisotopic (exact) mass is 449 g/mol. The molecule has 0 bridgehead atoms. The van der Waals surface area contributed by atoms with Gasteiger partial charge in [-0.15, -0.1) is 0 Å². The van der Waals surface area contributed by atoms with E-state index >= 15 is 0 Å². The lowest BCUT2D eigenvalue weighted by Crippen LogP contribution is -2.31. The van der Waals surface area contributed by atoms with Gasteiger partial charge in [-0.25, -0.2) is 4.98 Å². The number of hydrogen-bond donors (Lipinski definition) is 1. The van der Waals surface area contributed by atoms with Crippen molar-refractivity contribution >= 4 is 27.7 Å². The molecule has 0 unspecified atom stereocenters. The van der Waals surface area contributed by atoms with Gasteiger partial charge >= 0.3 is 0 Å². The first-order chi connectivity index (χ1) is 16.7. The fraction of sp³-hybridized carbons (Fsp3) is 0.185. The number of aromatic nitrogens is 4. The summed E-state index contributed by atoms with van der Waals surface area (Å²) in [6.07, 6.45) is 4.97. The smallest absolute Gasteiger partial charge is 0.261 e. The Morgan fingerprint density at radius 1 is 0.971 bits per heavy atom. The summed E-state index contributed by atoms with van der Waals surface area (Å²) in [5.74, 6) is 0.559. The van der Waals surface area contributed by atoms with Crippen LogP contribution in [0.5, 0.6) is 0 Å². The lowest BCUT2D eigenvalue weighted by molar-refractivity contribution is -0.121. The van der Waals surface area contributed by atoms with E-state index in [9.17, 15) is 9.59 Å². The van der Waals surface area contributed by atoms with Crippen LogP contribution < -0.4 is 10.9 Å². The molecule has 5 aromatic rings. The van der Waals surface area contributed by atoms with Gasteiger partial charge in [-0.3, -0.25) is 19.1 Å². The molecule has 1 amide bonds. The zero-order chi connectivity index (χ0) is 23.1. The number of amides is 1. The molecule has 34 heavy (non-hydrogen) atoms. The van der Waals surface area contributed by atoms with E-state index in [4.69, 9.17) is 4.98 Å². The highest BCUT2D eigenvalue weighted by atomic mass is 16.2. The Hall–Kier alpha value is -4.26. The van der Waals surface area contributed by atoms with Crippen molar-refractivity contribution in [2.75, 3.05) is 6.54 Å². The number of carbonyl (C=O) groups excluding carboxylic acids is 1. The van der Waals surface area contributed by atoms with E-state index in [1.807, 2.05) is 59.2 Å². The maximum atomic E-state index is 13.2. The summed E-state index contributed by atoms with van der Waals surface area (Å²) in [5.41, 5.74) is 4.74. The van der Waals surface area contributed by atoms with Gasteiger partial charge in [-0.2, -0.15) is 0 Å². The number of carbonyl (C=O) groups is 1. The predicted octanol–water partition coefficient (Wildman–Crippen LogP) is 3.33. The summed E-state index contributed by atoms with van der Waals surface area (Å²) in [4.78, 5) is 35.1. The second-order valence-electron chi connectivity index (χ2n) is 8.55. The van der Waals surface area contributed by atoms with Gasteiger partial charge in [-0.1, -0.05) is 30.3 Å². The molecule has 0 saturated carbocycles. The molecule has 6 rings (SSSR count). The van der Waals surface area contributed by atoms with E-state index in [-0.39, 0.29) is 18.0 Å². The summed E-state index contributed by atoms with van der Waals surface area (Å²) >= 11 is 0. The average Bonchev–Trinajstić information content (AvgIpc) is 3.19. The van der Waals surface area contributed by atoms with Crippen molar-refractivity contribution in [1.29, 1.82) is 0 Å². The highest BCUT2D eigenvalue weighted by Crippen LogP contribution is 2.36. The average molecular weight is 450 g/mol. The second kappa shape index (κ2) is 8.26. The third-order valence-corrected chi connectivity index (χ3v) is 6.52. The van der Waals surface area contributed by atoms with Gasteiger partial charge in [-0.05, 0) is 54.3 Å². The van der Waals surface area contributed by atoms with Gasteiger partial charge in [0, 0.05) is 36.4 Å². The molecule has 0 saturated heterocycles. The normalized spacial score (nSPS) is 12.5. The highest BCUT2D eigenvalue weighted by Gasteiger charge is 2.27. The fourth-order valence-corrected chi connectivity index (χ4v) is 4.92. The van der Waals surface area contributed by atoms with Crippen molar-refractivity contribution in [3.63, 3.8) is 0 Å². The molecule has 1 aliphatic heterocycles. The lowest BCUT2D eigenvalue weighted by Gasteiger charge is -2.21. The summed E-state index contributed by atoms with van der Waals surface area (Å²) in [5, 5.41) is 4.76. The Morgan fingerprint density at radius 2 is 1.74 bits per heavy atom. The third-order valence-electron chi connectivity index (χ3n) is 6.52. The summed E-state index contributed by atoms with van der Waals surface area (Å²) in [6, 6.07) is 19.4. The van der Waals surface area contributed by atoms with E-state index in [0.717, 1.165) is 40.6 Å². The molecule has 7 heteroatoms. The molecule has 1 aliphatic rings. The van der Waals surface area contributed by atoms with Crippen LogP contribution in [-0.2, 0) is 30.7 Å². The van der Waals surface area contributed by atoms with Gasteiger partial charge in [0.1, 0.15) is 6.54 Å². The molecule has 168 valence electrons. The Balaban J connectivity index is 1.40. The van der Waals surface area contributed by atoms with Crippen LogP contribution in [0.1, 0.15) is 11.1 Å². The van der Waals surface area contributed by atoms with E-state index in [0.29, 0.717) is 29.8 Å². The van der Waals surface area contributed by atoms with E-state index in [1.165, 1.54) is 0 Å². The number of benzene rings is 2. The zero-order valence-electron chi connectivity index (χ0n) is 18.6. The van der Waals surface area contributed by atoms with E-state index in [1.54, 1.807) is 17.0 Å². The molecule has 7 nitrogen and oxygen atoms in total. The number of pyridine rings is 1. The van der Waals surface area contributed by atoms with Crippen molar-refractivity contribution in [3.8, 4) is 11.5 Å². The maximum Gasteiger partial charge on any atom is 0.261 e. The first-order valence-electron chi connectivity index (χ1n) is 11.5. The molecule has 0 atom stereocenters. The second-order valence-corrected chi connectivity index (χ2v) is 8.55. The molecular weight excluding hydrogens is 426 g/mol. The van der Waals surface area contributed by atoms with Gasteiger partial charge in [0.2, 0.25) is 5.91 Å². The largest absolute Gasteiger partial charge is 0.354 e. The van der Waals surface area contributed by atoms with Crippen molar-refractivity contribution < 1.29 is 4.79 Å². The molecule has 1 N–H and O–H groups in total. The first-order valence-corrected chi connectivity index (χ1v) is 11.5. The molecular formula is C27H23N5O2. The van der Waals surface area contributed by atoms with Crippen LogP contribution in [0, 0.1) is 0 Å². The minimum atomic E-state index is -0.0714. The van der Waals surface area contributed by atoms with Gasteiger partial charge in [0.05, 0.1) is 16.6 Å². The molecule has 3 aromatic heterocycles. The standard InChI is InChI=1S/C27H23N5O2/c33-24(29-15-11-18-9-13-28-14-10-18)17-32-23-8-4-2-5-19(23)20-12-16-31-26(25(20)32)30-22-7-3-1-6-21(22)27(31)34/h1-10,13-14H,11-12,15-17H2,(H,29,33). The number of aryl methyl sites for hydroxylation is 1. The maximum absolute atomic E-state index is 13.2. The summed E-state index contributed by atoms with van der Waals surface area (Å²) < 4.78 is 3.76. The van der Waals surface area contributed by atoms with Crippen LogP contribution in [0.4, 0.5) is 0 Å². The Kier molecular flexibility index (Phi) is 4.95. The van der Waals surface area contributed by atoms with Crippen LogP contribution in [0.3, 0.4) is 0 Å². The van der Waals surface area contributed by atoms with Crippen LogP contribution in [0.15, 0.2) is 77.9 Å². The molecule has 0 fully saturated rings. The van der Waals surface area contributed by atoms with Gasteiger partial charge < -0.3 is 9.88 Å². The first kappa shape index (κ1) is 20.4. The third kappa shape index (κ3) is 3.37. The number of nitrogens with one attached hydrogen (secondary N) is 1. The van der Waals surface area contributed by atoms with E-state index in [2.05, 4.69) is 16.4 Å². The molecule has 4 heterocycles. The highest BCUT2D eigenvalue weighted by molar-refractivity contribution is 5.93. The minimum absolute atomic E-state index is 0.0372. The summed E-state index contributed by atoms with van der Waals surface area (Å²) in [7, 11) is 0. The molecule has 0 spiro atoms. The quantitative estimate of drug-likeness (QED) is 0.446. The minimum Gasteiger partial charge on any atom is -0.354 e. The van der Waals surface area contributed by atoms with E-state index < -0.39 is 0 Å². The van der Waals surface area contributed by atoms with Crippen molar-refractivity contribution in [3.05, 3.63) is 94.5 Å². The SMILES string of the molecule is O=C(Cn1c2c(c3ccccc31)CCn1c-2nc2ccccc2c1=O)NCCc1ccncc1. The van der Waals surface area contributed by atoms with Crippen LogP contribution in [0.2, 0.25) is 0 Å². The predicted molar refractivity (Wildman–Crippen MR) is 132 cm³/mol. The Morgan fingerprint density at radius 3 is 2.59 bits per heavy atom. The van der Waals surface area contributed by atoms with Crippen molar-refractivity contribution in [2.24, 2.45) is 0 Å². The van der Waals surface area contributed by atoms with Crippen molar-refractivity contribution in [2.45, 2.75) is 25.9 Å². The zero-order valence-corrected chi connectivity index (χ0v) is 18.6. The molecule has 0 aliphatic carbocycles. The summed E-state index contributed by atoms with van der Waals surface area (Å²) in [6.45, 7) is 1.28. The number of para-hydroxylation sites is 2. The Bertz CT molecular complexity index is 1600. The number of hydrogen-bond acceptors (Lipinski definition) is 4. The lowest BCUT2D eigenvalue weighted by atomic mass is 10.0. The number of fused-ring (bicyclic) bond motifs is 6. The fourth-order valence-electron chi connectivity index (χ4n) is 4.92. The van der Waals surface area contributed by atoms with Crippen LogP contribution >= 0.6 is 0 Å². The van der Waals surface area contributed by atoms with Crippen LogP contribution in [-0.4, -0.2) is 31.6 Å². The molecule has 0 radical (unpaired) electrons. The van der Waals surface area contributed by atoms with Crippen LogP contribution in [0.25, 0.3) is 33.3 Å². The number of nitrogens with zero attached hydrogens (tertiary/aromatic N) is 4.